The molecule has 3 rings (SSSR count). The minimum atomic E-state index is -4.53. The molecule has 0 saturated heterocycles. The van der Waals surface area contributed by atoms with Gasteiger partial charge in [0.2, 0.25) is 5.91 Å². The molecule has 1 amide bonds. The van der Waals surface area contributed by atoms with Crippen molar-refractivity contribution in [2.24, 2.45) is 23.2 Å². The van der Waals surface area contributed by atoms with E-state index in [1.54, 1.807) is 0 Å². The van der Waals surface area contributed by atoms with E-state index in [1.807, 2.05) is 0 Å². The zero-order chi connectivity index (χ0) is 16.8. The number of amides is 1. The Balaban J connectivity index is 1.66. The third-order valence-electron chi connectivity index (χ3n) is 6.17. The summed E-state index contributed by atoms with van der Waals surface area (Å²) in [5.41, 5.74) is -2.25. The highest BCUT2D eigenvalue weighted by molar-refractivity contribution is 5.84. The van der Waals surface area contributed by atoms with Crippen LogP contribution in [0.5, 0.6) is 0 Å². The van der Waals surface area contributed by atoms with Crippen molar-refractivity contribution in [3.63, 3.8) is 0 Å². The van der Waals surface area contributed by atoms with Crippen LogP contribution in [0.25, 0.3) is 0 Å². The summed E-state index contributed by atoms with van der Waals surface area (Å²) in [4.78, 5) is 23.5. The molecular formula is C16H22F3NO3. The molecule has 0 aromatic carbocycles. The Morgan fingerprint density at radius 2 is 1.70 bits per heavy atom. The van der Waals surface area contributed by atoms with Gasteiger partial charge in [-0.1, -0.05) is 19.3 Å². The molecule has 0 radical (unpaired) electrons. The minimum absolute atomic E-state index is 0.0222. The molecule has 3 fully saturated rings. The summed E-state index contributed by atoms with van der Waals surface area (Å²) in [6.45, 7) is 0. The molecule has 1 unspecified atom stereocenters. The maximum Gasteiger partial charge on any atom is 0.403 e. The van der Waals surface area contributed by atoms with E-state index < -0.39 is 29.4 Å². The van der Waals surface area contributed by atoms with Crippen LogP contribution in [-0.2, 0) is 9.59 Å². The smallest absolute Gasteiger partial charge is 0.403 e. The normalized spacial score (nSPS) is 36.0. The predicted octanol–water partition coefficient (Wildman–Crippen LogP) is 3.11. The number of hydrogen-bond acceptors (Lipinski definition) is 2. The van der Waals surface area contributed by atoms with Crippen molar-refractivity contribution < 1.29 is 27.9 Å². The van der Waals surface area contributed by atoms with E-state index in [1.165, 1.54) is 0 Å². The van der Waals surface area contributed by atoms with Crippen LogP contribution in [0.4, 0.5) is 13.2 Å². The Labute approximate surface area is 132 Å². The molecule has 2 N–H and O–H groups in total. The van der Waals surface area contributed by atoms with Crippen LogP contribution < -0.4 is 5.32 Å². The standard InChI is InChI=1S/C16H22F3NO3/c17-16(18,19)15(4-2-1-3-5-15)14(23)20-12-8-9-6-10(13(21)22)7-11(9)12/h9-12H,1-8H2,(H,20,23)(H,21,22)/t9-,10?,11-,12+/m1/s1. The maximum atomic E-state index is 13.5. The summed E-state index contributed by atoms with van der Waals surface area (Å²) < 4.78 is 40.6. The van der Waals surface area contributed by atoms with Gasteiger partial charge in [0.05, 0.1) is 5.92 Å². The van der Waals surface area contributed by atoms with Gasteiger partial charge in [-0.2, -0.15) is 13.2 Å². The first-order valence-electron chi connectivity index (χ1n) is 8.35. The third kappa shape index (κ3) is 2.72. The molecule has 7 heteroatoms. The van der Waals surface area contributed by atoms with Crippen molar-refractivity contribution >= 4 is 11.9 Å². The van der Waals surface area contributed by atoms with E-state index >= 15 is 0 Å². The van der Waals surface area contributed by atoms with Crippen LogP contribution >= 0.6 is 0 Å². The van der Waals surface area contributed by atoms with Crippen molar-refractivity contribution in [3.05, 3.63) is 0 Å². The Hall–Kier alpha value is -1.27. The number of halogens is 3. The Morgan fingerprint density at radius 1 is 1.04 bits per heavy atom. The summed E-state index contributed by atoms with van der Waals surface area (Å²) in [6, 6.07) is -0.294. The van der Waals surface area contributed by atoms with Gasteiger partial charge in [0, 0.05) is 6.04 Å². The minimum Gasteiger partial charge on any atom is -0.481 e. The molecule has 0 aromatic heterocycles. The van der Waals surface area contributed by atoms with Gasteiger partial charge in [0.15, 0.2) is 0 Å². The van der Waals surface area contributed by atoms with Gasteiger partial charge in [-0.25, -0.2) is 0 Å². The zero-order valence-corrected chi connectivity index (χ0v) is 12.9. The molecule has 3 aliphatic rings. The first-order valence-corrected chi connectivity index (χ1v) is 8.35. The maximum absolute atomic E-state index is 13.5. The second kappa shape index (κ2) is 5.67. The van der Waals surface area contributed by atoms with E-state index in [2.05, 4.69) is 5.32 Å². The number of carboxylic acids is 1. The number of aliphatic carboxylic acids is 1. The molecular weight excluding hydrogens is 311 g/mol. The largest absolute Gasteiger partial charge is 0.481 e. The van der Waals surface area contributed by atoms with Gasteiger partial charge < -0.3 is 10.4 Å². The number of carboxylic acid groups (broad SMARTS) is 1. The van der Waals surface area contributed by atoms with Crippen LogP contribution in [0, 0.1) is 23.2 Å². The zero-order valence-electron chi connectivity index (χ0n) is 12.9. The monoisotopic (exact) mass is 333 g/mol. The van der Waals surface area contributed by atoms with Gasteiger partial charge in [0.25, 0.3) is 0 Å². The first kappa shape index (κ1) is 16.6. The summed E-state index contributed by atoms with van der Waals surface area (Å²) in [7, 11) is 0. The van der Waals surface area contributed by atoms with Crippen LogP contribution in [0.15, 0.2) is 0 Å². The van der Waals surface area contributed by atoms with Crippen molar-refractivity contribution in [3.8, 4) is 0 Å². The van der Waals surface area contributed by atoms with Gasteiger partial charge in [-0.05, 0) is 43.9 Å². The topological polar surface area (TPSA) is 66.4 Å². The highest BCUT2D eigenvalue weighted by atomic mass is 19.4. The van der Waals surface area contributed by atoms with Crippen LogP contribution in [0.1, 0.15) is 51.4 Å². The molecule has 4 atom stereocenters. The van der Waals surface area contributed by atoms with Gasteiger partial charge in [-0.3, -0.25) is 9.59 Å². The highest BCUT2D eigenvalue weighted by Gasteiger charge is 2.61. The summed E-state index contributed by atoms with van der Waals surface area (Å²) in [5.74, 6) is -1.91. The molecule has 4 nitrogen and oxygen atoms in total. The number of nitrogens with one attached hydrogen (secondary N) is 1. The van der Waals surface area contributed by atoms with E-state index in [-0.39, 0.29) is 30.7 Å². The summed E-state index contributed by atoms with van der Waals surface area (Å²) in [6.07, 6.45) is -1.58. The summed E-state index contributed by atoms with van der Waals surface area (Å²) in [5, 5.41) is 11.7. The van der Waals surface area contributed by atoms with E-state index in [0.29, 0.717) is 32.1 Å². The Kier molecular flexibility index (Phi) is 4.09. The molecule has 3 aliphatic carbocycles. The number of rotatable bonds is 3. The number of fused-ring (bicyclic) bond motifs is 1. The van der Waals surface area contributed by atoms with Crippen molar-refractivity contribution in [1.29, 1.82) is 0 Å². The van der Waals surface area contributed by atoms with Gasteiger partial charge in [0.1, 0.15) is 5.41 Å². The molecule has 0 spiro atoms. The lowest BCUT2D eigenvalue weighted by atomic mass is 9.69. The molecule has 3 saturated carbocycles. The van der Waals surface area contributed by atoms with E-state index in [4.69, 9.17) is 5.11 Å². The Bertz CT molecular complexity index is 499. The average molecular weight is 333 g/mol. The molecule has 0 heterocycles. The van der Waals surface area contributed by atoms with Crippen molar-refractivity contribution in [2.75, 3.05) is 0 Å². The van der Waals surface area contributed by atoms with Crippen molar-refractivity contribution in [1.82, 2.24) is 5.32 Å². The summed E-state index contributed by atoms with van der Waals surface area (Å²) >= 11 is 0. The lowest BCUT2D eigenvalue weighted by molar-refractivity contribution is -0.231. The quantitative estimate of drug-likeness (QED) is 0.834. The molecule has 130 valence electrons. The molecule has 0 aromatic rings. The lowest BCUT2D eigenvalue weighted by Gasteiger charge is -2.44. The van der Waals surface area contributed by atoms with E-state index in [9.17, 15) is 22.8 Å². The number of alkyl halides is 3. The second-order valence-electron chi connectivity index (χ2n) is 7.39. The lowest BCUT2D eigenvalue weighted by Crippen LogP contribution is -2.58. The SMILES string of the molecule is O=C(O)C1C[C@@H]2C[C@H](NC(=O)C3(C(F)(F)F)CCCCC3)[C@@H]2C1. The fourth-order valence-electron chi connectivity index (χ4n) is 4.70. The first-order chi connectivity index (χ1) is 10.7. The number of hydrogen-bond donors (Lipinski definition) is 2. The molecule has 0 bridgehead atoms. The third-order valence-corrected chi connectivity index (χ3v) is 6.17. The van der Waals surface area contributed by atoms with Crippen LogP contribution in [0.2, 0.25) is 0 Å². The second-order valence-corrected chi connectivity index (χ2v) is 7.39. The predicted molar refractivity (Wildman–Crippen MR) is 75.5 cm³/mol. The number of carbonyl (C=O) groups is 2. The van der Waals surface area contributed by atoms with Crippen LogP contribution in [0.3, 0.4) is 0 Å². The fourth-order valence-corrected chi connectivity index (χ4v) is 4.70. The van der Waals surface area contributed by atoms with Gasteiger partial charge in [-0.15, -0.1) is 0 Å². The van der Waals surface area contributed by atoms with E-state index in [0.717, 1.165) is 6.42 Å². The van der Waals surface area contributed by atoms with Crippen molar-refractivity contribution in [2.45, 2.75) is 63.6 Å². The average Bonchev–Trinajstić information content (AvgIpc) is 2.81. The van der Waals surface area contributed by atoms with Crippen LogP contribution in [-0.4, -0.2) is 29.2 Å². The Morgan fingerprint density at radius 3 is 2.26 bits per heavy atom. The molecule has 23 heavy (non-hydrogen) atoms. The highest BCUT2D eigenvalue weighted by Crippen LogP contribution is 2.52. The molecule has 0 aliphatic heterocycles. The fraction of sp³-hybridized carbons (Fsp3) is 0.875. The number of carbonyl (C=O) groups excluding carboxylic acids is 1. The van der Waals surface area contributed by atoms with Gasteiger partial charge >= 0.3 is 12.1 Å².